The van der Waals surface area contributed by atoms with Crippen LogP contribution < -0.4 is 5.69 Å². The molecule has 1 aromatic carbocycles. The minimum Gasteiger partial charge on any atom is -0.376 e. The van der Waals surface area contributed by atoms with Crippen LogP contribution in [0, 0.1) is 20.8 Å². The first kappa shape index (κ1) is 20.3. The van der Waals surface area contributed by atoms with Gasteiger partial charge in [-0.2, -0.15) is 4.98 Å². The van der Waals surface area contributed by atoms with E-state index in [-0.39, 0.29) is 24.1 Å². The van der Waals surface area contributed by atoms with Gasteiger partial charge >= 0.3 is 5.69 Å². The molecule has 1 aliphatic rings. The van der Waals surface area contributed by atoms with Crippen molar-refractivity contribution in [1.82, 2.24) is 14.5 Å². The third-order valence-corrected chi connectivity index (χ3v) is 5.32. The molecule has 0 spiro atoms. The van der Waals surface area contributed by atoms with Gasteiger partial charge in [0, 0.05) is 44.0 Å². The monoisotopic (exact) mass is 383 g/mol. The Morgan fingerprint density at radius 3 is 2.75 bits per heavy atom. The summed E-state index contributed by atoms with van der Waals surface area (Å²) in [7, 11) is 0. The highest BCUT2D eigenvalue weighted by Crippen LogP contribution is 2.17. The number of nitrogens with zero attached hydrogens (tertiary/aromatic N) is 3. The van der Waals surface area contributed by atoms with Crippen molar-refractivity contribution >= 4 is 5.91 Å². The number of aryl methyl sites for hydroxylation is 3. The molecule has 6 heteroatoms. The molecule has 150 valence electrons. The van der Waals surface area contributed by atoms with Crippen molar-refractivity contribution in [1.29, 1.82) is 0 Å². The average Bonchev–Trinajstić information content (AvgIpc) is 3.15. The van der Waals surface area contributed by atoms with Crippen molar-refractivity contribution in [3.8, 4) is 0 Å². The summed E-state index contributed by atoms with van der Waals surface area (Å²) < 4.78 is 7.33. The minimum absolute atomic E-state index is 0.0330. The Labute approximate surface area is 166 Å². The lowest BCUT2D eigenvalue weighted by molar-refractivity contribution is -0.133. The van der Waals surface area contributed by atoms with Crippen molar-refractivity contribution in [2.24, 2.45) is 0 Å². The molecule has 2 heterocycles. The maximum Gasteiger partial charge on any atom is 0.347 e. The molecule has 1 aromatic heterocycles. The van der Waals surface area contributed by atoms with Crippen LogP contribution in [0.2, 0.25) is 0 Å². The number of benzene rings is 1. The number of amides is 1. The Balaban J connectivity index is 1.72. The van der Waals surface area contributed by atoms with Crippen molar-refractivity contribution in [2.75, 3.05) is 13.2 Å². The van der Waals surface area contributed by atoms with Gasteiger partial charge in [0.2, 0.25) is 5.91 Å². The van der Waals surface area contributed by atoms with Gasteiger partial charge in [-0.15, -0.1) is 0 Å². The normalized spacial score (nSPS) is 16.3. The Hall–Kier alpha value is -2.47. The van der Waals surface area contributed by atoms with Gasteiger partial charge in [0.1, 0.15) is 0 Å². The van der Waals surface area contributed by atoms with Crippen molar-refractivity contribution < 1.29 is 9.53 Å². The van der Waals surface area contributed by atoms with Gasteiger partial charge in [-0.1, -0.05) is 24.3 Å². The van der Waals surface area contributed by atoms with E-state index in [2.05, 4.69) is 24.0 Å². The summed E-state index contributed by atoms with van der Waals surface area (Å²) in [5.74, 6) is 0.0330. The Kier molecular flexibility index (Phi) is 6.62. The molecule has 28 heavy (non-hydrogen) atoms. The summed E-state index contributed by atoms with van der Waals surface area (Å²) in [4.78, 5) is 31.1. The number of aromatic nitrogens is 2. The van der Waals surface area contributed by atoms with E-state index in [0.717, 1.165) is 30.7 Å². The van der Waals surface area contributed by atoms with Gasteiger partial charge in [0.05, 0.1) is 6.10 Å². The number of hydrogen-bond donors (Lipinski definition) is 0. The van der Waals surface area contributed by atoms with E-state index in [1.807, 2.05) is 30.0 Å². The molecule has 2 aromatic rings. The third kappa shape index (κ3) is 5.07. The second kappa shape index (κ2) is 9.15. The van der Waals surface area contributed by atoms with Crippen LogP contribution in [-0.2, 0) is 22.6 Å². The Morgan fingerprint density at radius 1 is 1.29 bits per heavy atom. The molecule has 0 radical (unpaired) electrons. The van der Waals surface area contributed by atoms with E-state index in [0.29, 0.717) is 25.3 Å². The predicted octanol–water partition coefficient (Wildman–Crippen LogP) is 2.77. The molecule has 3 rings (SSSR count). The van der Waals surface area contributed by atoms with Crippen LogP contribution in [-0.4, -0.2) is 39.6 Å². The van der Waals surface area contributed by atoms with Crippen LogP contribution in [0.25, 0.3) is 0 Å². The first-order valence-corrected chi connectivity index (χ1v) is 9.93. The maximum atomic E-state index is 13.0. The van der Waals surface area contributed by atoms with E-state index < -0.39 is 0 Å². The summed E-state index contributed by atoms with van der Waals surface area (Å²) in [6, 6.07) is 9.99. The second-order valence-corrected chi connectivity index (χ2v) is 7.56. The molecule has 6 nitrogen and oxygen atoms in total. The first-order chi connectivity index (χ1) is 13.4. The molecule has 1 amide bonds. The van der Waals surface area contributed by atoms with Gasteiger partial charge in [-0.3, -0.25) is 9.36 Å². The fourth-order valence-electron chi connectivity index (χ4n) is 3.69. The fourth-order valence-corrected chi connectivity index (χ4v) is 3.69. The number of hydrogen-bond acceptors (Lipinski definition) is 4. The van der Waals surface area contributed by atoms with Gasteiger partial charge < -0.3 is 9.64 Å². The SMILES string of the molecule is Cc1cc(C)n(CCC(=O)N(Cc2ccccc2C)C[C@H]2CCCO2)c(=O)n1. The van der Waals surface area contributed by atoms with E-state index in [4.69, 9.17) is 4.74 Å². The first-order valence-electron chi connectivity index (χ1n) is 9.93. The van der Waals surface area contributed by atoms with Crippen LogP contribution in [0.5, 0.6) is 0 Å². The number of ether oxygens (including phenoxy) is 1. The van der Waals surface area contributed by atoms with Crippen molar-refractivity contribution in [3.63, 3.8) is 0 Å². The largest absolute Gasteiger partial charge is 0.376 e. The van der Waals surface area contributed by atoms with Crippen LogP contribution in [0.15, 0.2) is 35.1 Å². The zero-order valence-corrected chi connectivity index (χ0v) is 17.0. The molecule has 1 saturated heterocycles. The van der Waals surface area contributed by atoms with Crippen LogP contribution in [0.4, 0.5) is 0 Å². The third-order valence-electron chi connectivity index (χ3n) is 5.32. The molecule has 0 bridgehead atoms. The summed E-state index contributed by atoms with van der Waals surface area (Å²) in [6.45, 7) is 7.99. The molecule has 0 aliphatic carbocycles. The summed E-state index contributed by atoms with van der Waals surface area (Å²) in [5, 5.41) is 0. The quantitative estimate of drug-likeness (QED) is 0.737. The summed E-state index contributed by atoms with van der Waals surface area (Å²) in [5.41, 5.74) is 3.54. The molecule has 0 unspecified atom stereocenters. The number of rotatable bonds is 7. The molecule has 0 saturated carbocycles. The topological polar surface area (TPSA) is 64.4 Å². The van der Waals surface area contributed by atoms with Crippen LogP contribution in [0.1, 0.15) is 41.8 Å². The lowest BCUT2D eigenvalue weighted by Gasteiger charge is -2.26. The van der Waals surface area contributed by atoms with Gasteiger partial charge in [-0.05, 0) is 50.8 Å². The van der Waals surface area contributed by atoms with Crippen LogP contribution in [0.3, 0.4) is 0 Å². The second-order valence-electron chi connectivity index (χ2n) is 7.56. The molecular weight excluding hydrogens is 354 g/mol. The molecule has 1 fully saturated rings. The smallest absolute Gasteiger partial charge is 0.347 e. The molecular formula is C22H29N3O3. The van der Waals surface area contributed by atoms with E-state index >= 15 is 0 Å². The maximum absolute atomic E-state index is 13.0. The van der Waals surface area contributed by atoms with Gasteiger partial charge in [-0.25, -0.2) is 4.79 Å². The Morgan fingerprint density at radius 2 is 2.07 bits per heavy atom. The highest BCUT2D eigenvalue weighted by atomic mass is 16.5. The van der Waals surface area contributed by atoms with Crippen LogP contribution >= 0.6 is 0 Å². The number of carbonyl (C=O) groups excluding carboxylic acids is 1. The zero-order chi connectivity index (χ0) is 20.1. The standard InChI is InChI=1S/C22H29N3O3/c1-16-7-4-5-8-19(16)14-24(15-20-9-6-12-28-20)21(26)10-11-25-18(3)13-17(2)23-22(25)27/h4-5,7-8,13,20H,6,9-12,14-15H2,1-3H3/t20-/m1/s1. The highest BCUT2D eigenvalue weighted by molar-refractivity contribution is 5.76. The van der Waals surface area contributed by atoms with Gasteiger partial charge in [0.15, 0.2) is 0 Å². The highest BCUT2D eigenvalue weighted by Gasteiger charge is 2.23. The zero-order valence-electron chi connectivity index (χ0n) is 17.0. The molecule has 1 atom stereocenters. The molecule has 0 N–H and O–H groups in total. The lowest BCUT2D eigenvalue weighted by Crippen LogP contribution is -2.38. The Bertz CT molecular complexity index is 885. The number of carbonyl (C=O) groups is 1. The van der Waals surface area contributed by atoms with E-state index in [9.17, 15) is 9.59 Å². The van der Waals surface area contributed by atoms with E-state index in [1.54, 1.807) is 11.5 Å². The lowest BCUT2D eigenvalue weighted by atomic mass is 10.1. The average molecular weight is 383 g/mol. The minimum atomic E-state index is -0.296. The van der Waals surface area contributed by atoms with Crippen molar-refractivity contribution in [3.05, 3.63) is 63.3 Å². The van der Waals surface area contributed by atoms with E-state index in [1.165, 1.54) is 5.56 Å². The molecule has 1 aliphatic heterocycles. The predicted molar refractivity (Wildman–Crippen MR) is 108 cm³/mol. The van der Waals surface area contributed by atoms with Gasteiger partial charge in [0.25, 0.3) is 0 Å². The van der Waals surface area contributed by atoms with Crippen molar-refractivity contribution in [2.45, 2.75) is 59.2 Å². The fraction of sp³-hybridized carbons (Fsp3) is 0.500. The summed E-state index contributed by atoms with van der Waals surface area (Å²) >= 11 is 0. The summed E-state index contributed by atoms with van der Waals surface area (Å²) in [6.07, 6.45) is 2.39.